The van der Waals surface area contributed by atoms with Gasteiger partial charge in [-0.15, -0.1) is 11.3 Å². The second-order valence-corrected chi connectivity index (χ2v) is 9.30. The highest BCUT2D eigenvalue weighted by Gasteiger charge is 2.34. The summed E-state index contributed by atoms with van der Waals surface area (Å²) in [5, 5.41) is 0.427. The first-order valence-corrected chi connectivity index (χ1v) is 8.49. The normalized spacial score (nSPS) is 13.4. The van der Waals surface area contributed by atoms with Crippen molar-refractivity contribution in [3.63, 3.8) is 0 Å². The molecule has 0 N–H and O–H groups in total. The predicted octanol–water partition coefficient (Wildman–Crippen LogP) is 3.97. The smallest absolute Gasteiger partial charge is 0.206 e. The fourth-order valence-electron chi connectivity index (χ4n) is 1.14. The average Bonchev–Trinajstić information content (AvgIpc) is 2.58. The van der Waals surface area contributed by atoms with Gasteiger partial charge in [0.2, 0.25) is 0 Å². The molecule has 0 spiro atoms. The van der Waals surface area contributed by atoms with E-state index in [1.54, 1.807) is 7.05 Å². The van der Waals surface area contributed by atoms with Crippen LogP contribution in [0.2, 0.25) is 5.02 Å². The summed E-state index contributed by atoms with van der Waals surface area (Å²) in [6, 6.07) is 1.48. The van der Waals surface area contributed by atoms with Crippen LogP contribution in [0.15, 0.2) is 14.1 Å². The molecule has 1 aromatic rings. The van der Waals surface area contributed by atoms with Crippen molar-refractivity contribution in [2.75, 3.05) is 7.05 Å². The lowest BCUT2D eigenvalue weighted by atomic mass is 10.0. The van der Waals surface area contributed by atoms with Gasteiger partial charge in [0.15, 0.2) is 0 Å². The Bertz CT molecular complexity index is 491. The number of nitrogens with zero attached hydrogens (tertiary/aromatic N) is 1. The lowest BCUT2D eigenvalue weighted by Gasteiger charge is -2.33. The minimum absolute atomic E-state index is 0.262. The largest absolute Gasteiger partial charge is 0.252 e. The van der Waals surface area contributed by atoms with E-state index in [-0.39, 0.29) is 4.21 Å². The van der Waals surface area contributed by atoms with Gasteiger partial charge in [-0.1, -0.05) is 18.5 Å². The zero-order valence-corrected chi connectivity index (χ0v) is 14.1. The summed E-state index contributed by atoms with van der Waals surface area (Å²) >= 11 is 10.2. The van der Waals surface area contributed by atoms with Gasteiger partial charge in [0.25, 0.3) is 10.0 Å². The second-order valence-electron chi connectivity index (χ2n) is 4.33. The van der Waals surface area contributed by atoms with Crippen LogP contribution in [0.25, 0.3) is 0 Å². The number of thiophene rings is 1. The summed E-state index contributed by atoms with van der Waals surface area (Å²) < 4.78 is 27.0. The Morgan fingerprint density at radius 2 is 2.06 bits per heavy atom. The van der Waals surface area contributed by atoms with Crippen LogP contribution in [-0.2, 0) is 10.0 Å². The Morgan fingerprint density at radius 3 is 2.41 bits per heavy atom. The summed E-state index contributed by atoms with van der Waals surface area (Å²) in [5.74, 6) is 0. The molecule has 0 amide bonds. The molecule has 0 saturated heterocycles. The monoisotopic (exact) mass is 359 g/mol. The Hall–Kier alpha value is 0.380. The third-order valence-electron chi connectivity index (χ3n) is 2.95. The standard InChI is InChI=1S/C10H15BrClNO2S2/c1-5-10(2,3)13(4)17(14,15)8-6-7(12)9(11)16-8/h6H,5H2,1-4H3. The van der Waals surface area contributed by atoms with Crippen molar-refractivity contribution in [1.29, 1.82) is 0 Å². The van der Waals surface area contributed by atoms with E-state index in [1.807, 2.05) is 20.8 Å². The number of halogens is 2. The molecule has 0 fully saturated rings. The summed E-state index contributed by atoms with van der Waals surface area (Å²) in [7, 11) is -1.88. The topological polar surface area (TPSA) is 37.4 Å². The van der Waals surface area contributed by atoms with Crippen LogP contribution in [0.4, 0.5) is 0 Å². The Morgan fingerprint density at radius 1 is 1.53 bits per heavy atom. The molecule has 1 aromatic heterocycles. The molecule has 1 heterocycles. The Kier molecular flexibility index (Phi) is 4.69. The van der Waals surface area contributed by atoms with Crippen LogP contribution in [0.5, 0.6) is 0 Å². The lowest BCUT2D eigenvalue weighted by molar-refractivity contribution is 0.257. The van der Waals surface area contributed by atoms with Gasteiger partial charge >= 0.3 is 0 Å². The third-order valence-corrected chi connectivity index (χ3v) is 7.95. The number of hydrogen-bond donors (Lipinski definition) is 0. The zero-order valence-electron chi connectivity index (χ0n) is 10.1. The van der Waals surface area contributed by atoms with Gasteiger partial charge in [0, 0.05) is 12.6 Å². The molecule has 0 radical (unpaired) electrons. The summed E-state index contributed by atoms with van der Waals surface area (Å²) in [6.07, 6.45) is 0.739. The zero-order chi connectivity index (χ0) is 13.4. The first-order valence-electron chi connectivity index (χ1n) is 5.07. The maximum Gasteiger partial charge on any atom is 0.252 e. The van der Waals surface area contributed by atoms with Crippen molar-refractivity contribution in [2.24, 2.45) is 0 Å². The van der Waals surface area contributed by atoms with Gasteiger partial charge in [-0.3, -0.25) is 0 Å². The number of rotatable bonds is 4. The highest BCUT2D eigenvalue weighted by molar-refractivity contribution is 9.11. The molecule has 0 unspecified atom stereocenters. The van der Waals surface area contributed by atoms with Crippen LogP contribution in [0.1, 0.15) is 27.2 Å². The van der Waals surface area contributed by atoms with Crippen LogP contribution in [-0.4, -0.2) is 25.3 Å². The van der Waals surface area contributed by atoms with Gasteiger partial charge in [-0.2, -0.15) is 4.31 Å². The molecular formula is C10H15BrClNO2S2. The van der Waals surface area contributed by atoms with Gasteiger partial charge in [-0.05, 0) is 42.3 Å². The second kappa shape index (κ2) is 5.17. The molecule has 3 nitrogen and oxygen atoms in total. The number of hydrogen-bond acceptors (Lipinski definition) is 3. The Labute approximate surface area is 120 Å². The molecule has 0 aliphatic carbocycles. The van der Waals surface area contributed by atoms with Crippen LogP contribution < -0.4 is 0 Å². The third kappa shape index (κ3) is 3.04. The highest BCUT2D eigenvalue weighted by Crippen LogP contribution is 2.37. The van der Waals surface area contributed by atoms with E-state index in [2.05, 4.69) is 15.9 Å². The molecule has 0 aliphatic heterocycles. The van der Waals surface area contributed by atoms with Crippen LogP contribution >= 0.6 is 38.9 Å². The molecule has 17 heavy (non-hydrogen) atoms. The van der Waals surface area contributed by atoms with Crippen molar-refractivity contribution < 1.29 is 8.42 Å². The first-order chi connectivity index (χ1) is 7.63. The van der Waals surface area contributed by atoms with E-state index in [4.69, 9.17) is 11.6 Å². The van der Waals surface area contributed by atoms with E-state index in [0.717, 1.165) is 17.8 Å². The fourth-order valence-corrected chi connectivity index (χ4v) is 5.28. The van der Waals surface area contributed by atoms with E-state index in [0.29, 0.717) is 8.81 Å². The van der Waals surface area contributed by atoms with Gasteiger partial charge < -0.3 is 0 Å². The fraction of sp³-hybridized carbons (Fsp3) is 0.600. The Balaban J connectivity index is 3.20. The van der Waals surface area contributed by atoms with E-state index >= 15 is 0 Å². The van der Waals surface area contributed by atoms with Crippen LogP contribution in [0, 0.1) is 0 Å². The predicted molar refractivity (Wildman–Crippen MR) is 76.3 cm³/mol. The summed E-state index contributed by atoms with van der Waals surface area (Å²) in [4.78, 5) is 0. The molecule has 1 rings (SSSR count). The van der Waals surface area contributed by atoms with Gasteiger partial charge in [-0.25, -0.2) is 8.42 Å². The first kappa shape index (κ1) is 15.4. The average molecular weight is 361 g/mol. The van der Waals surface area contributed by atoms with E-state index in [1.165, 1.54) is 10.4 Å². The molecule has 0 atom stereocenters. The summed E-state index contributed by atoms with van der Waals surface area (Å²) in [6.45, 7) is 5.76. The summed E-state index contributed by atoms with van der Waals surface area (Å²) in [5.41, 5.74) is -0.415. The maximum absolute atomic E-state index is 12.4. The molecule has 0 saturated carbocycles. The van der Waals surface area contributed by atoms with Crippen molar-refractivity contribution in [3.05, 3.63) is 14.9 Å². The molecule has 0 bridgehead atoms. The molecule has 0 aromatic carbocycles. The highest BCUT2D eigenvalue weighted by atomic mass is 79.9. The minimum atomic E-state index is -3.47. The SMILES string of the molecule is CCC(C)(C)N(C)S(=O)(=O)c1cc(Cl)c(Br)s1. The van der Waals surface area contributed by atoms with Crippen molar-refractivity contribution in [1.82, 2.24) is 4.31 Å². The van der Waals surface area contributed by atoms with E-state index < -0.39 is 15.6 Å². The van der Waals surface area contributed by atoms with Crippen molar-refractivity contribution >= 4 is 48.9 Å². The molecule has 0 aliphatic rings. The van der Waals surface area contributed by atoms with Gasteiger partial charge in [0.05, 0.1) is 8.81 Å². The molecule has 98 valence electrons. The lowest BCUT2D eigenvalue weighted by Crippen LogP contribution is -2.44. The van der Waals surface area contributed by atoms with Gasteiger partial charge in [0.1, 0.15) is 4.21 Å². The van der Waals surface area contributed by atoms with Crippen molar-refractivity contribution in [3.8, 4) is 0 Å². The van der Waals surface area contributed by atoms with Crippen molar-refractivity contribution in [2.45, 2.75) is 36.9 Å². The molecule has 7 heteroatoms. The quantitative estimate of drug-likeness (QED) is 0.814. The van der Waals surface area contributed by atoms with Crippen LogP contribution in [0.3, 0.4) is 0 Å². The minimum Gasteiger partial charge on any atom is -0.206 e. The number of sulfonamides is 1. The maximum atomic E-state index is 12.4. The van der Waals surface area contributed by atoms with E-state index in [9.17, 15) is 8.42 Å². The molecular weight excluding hydrogens is 346 g/mol.